The molecule has 0 spiro atoms. The van der Waals surface area contributed by atoms with Gasteiger partial charge in [-0.15, -0.1) is 0 Å². The summed E-state index contributed by atoms with van der Waals surface area (Å²) in [5.74, 6) is -1.34. The van der Waals surface area contributed by atoms with Gasteiger partial charge in [0.2, 0.25) is 0 Å². The molecule has 0 bridgehead atoms. The highest BCUT2D eigenvalue weighted by Gasteiger charge is 2.11. The maximum Gasteiger partial charge on any atom is 0.354 e. The monoisotopic (exact) mass is 166 g/mol. The third-order valence-electron chi connectivity index (χ3n) is 1.22. The molecule has 0 unspecified atom stereocenters. The molecule has 12 heavy (non-hydrogen) atoms. The first-order valence-corrected chi connectivity index (χ1v) is 3.11. The molecule has 0 rings (SSSR count). The van der Waals surface area contributed by atoms with Gasteiger partial charge in [-0.1, -0.05) is 19.2 Å². The number of rotatable bonds is 4. The van der Waals surface area contributed by atoms with E-state index in [0.29, 0.717) is 0 Å². The van der Waals surface area contributed by atoms with E-state index in [-0.39, 0.29) is 11.3 Å². The lowest BCUT2D eigenvalue weighted by Crippen LogP contribution is -2.16. The Kier molecular flexibility index (Phi) is 3.49. The third-order valence-corrected chi connectivity index (χ3v) is 1.22. The highest BCUT2D eigenvalue weighted by Crippen LogP contribution is 2.03. The van der Waals surface area contributed by atoms with Gasteiger partial charge in [0.05, 0.1) is 0 Å². The van der Waals surface area contributed by atoms with Crippen molar-refractivity contribution < 1.29 is 9.90 Å². The molecular formula is C8H10N2O2. The van der Waals surface area contributed by atoms with Crippen LogP contribution in [0.5, 0.6) is 0 Å². The number of hydrogen-bond acceptors (Lipinski definition) is 3. The average molecular weight is 166 g/mol. The van der Waals surface area contributed by atoms with Crippen LogP contribution in [0.3, 0.4) is 0 Å². The third kappa shape index (κ3) is 2.09. The molecule has 0 aromatic heterocycles. The largest absolute Gasteiger partial charge is 0.477 e. The Hall–Kier alpha value is -1.84. The number of carboxylic acid groups (broad SMARTS) is 1. The Bertz CT molecular complexity index is 277. The lowest BCUT2D eigenvalue weighted by molar-refractivity contribution is -0.129. The van der Waals surface area contributed by atoms with E-state index in [1.54, 1.807) is 0 Å². The Labute approximate surface area is 70.2 Å². The lowest BCUT2D eigenvalue weighted by Gasteiger charge is -2.01. The molecule has 64 valence electrons. The second kappa shape index (κ2) is 4.12. The molecule has 0 aliphatic rings. The average Bonchev–Trinajstić information content (AvgIpc) is 2.05. The van der Waals surface area contributed by atoms with Crippen molar-refractivity contribution in [2.75, 3.05) is 0 Å². The van der Waals surface area contributed by atoms with Gasteiger partial charge in [-0.05, 0) is 6.08 Å². The Morgan fingerprint density at radius 3 is 2.17 bits per heavy atom. The van der Waals surface area contributed by atoms with Crippen LogP contribution in [-0.2, 0) is 4.79 Å². The Morgan fingerprint density at radius 2 is 1.92 bits per heavy atom. The Balaban J connectivity index is 5.05. The molecule has 0 heterocycles. The maximum atomic E-state index is 10.3. The number of nitrogens with one attached hydrogen (secondary N) is 1. The summed E-state index contributed by atoms with van der Waals surface area (Å²) in [6, 6.07) is 0. The molecule has 0 atom stereocenters. The molecule has 4 heteroatoms. The van der Waals surface area contributed by atoms with Gasteiger partial charge in [0.25, 0.3) is 0 Å². The van der Waals surface area contributed by atoms with Gasteiger partial charge in [-0.2, -0.15) is 0 Å². The molecule has 0 amide bonds. The van der Waals surface area contributed by atoms with Crippen molar-refractivity contribution in [3.05, 3.63) is 36.6 Å². The summed E-state index contributed by atoms with van der Waals surface area (Å²) in [7, 11) is 0. The molecular weight excluding hydrogens is 156 g/mol. The molecule has 0 fully saturated rings. The van der Waals surface area contributed by atoms with Crippen LogP contribution in [0.15, 0.2) is 36.6 Å². The first-order valence-electron chi connectivity index (χ1n) is 3.11. The van der Waals surface area contributed by atoms with Crippen LogP contribution >= 0.6 is 0 Å². The lowest BCUT2D eigenvalue weighted by atomic mass is 10.1. The predicted molar refractivity (Wildman–Crippen MR) is 47.0 cm³/mol. The van der Waals surface area contributed by atoms with E-state index in [1.165, 1.54) is 12.2 Å². The quantitative estimate of drug-likeness (QED) is 0.424. The Morgan fingerprint density at radius 1 is 1.42 bits per heavy atom. The van der Waals surface area contributed by atoms with Gasteiger partial charge >= 0.3 is 5.97 Å². The first-order chi connectivity index (χ1) is 5.54. The van der Waals surface area contributed by atoms with Gasteiger partial charge in [0.1, 0.15) is 5.71 Å². The fraction of sp³-hybridized carbons (Fsp3) is 0. The van der Waals surface area contributed by atoms with Gasteiger partial charge in [0, 0.05) is 11.3 Å². The van der Waals surface area contributed by atoms with Gasteiger partial charge in [-0.25, -0.2) is 4.79 Å². The van der Waals surface area contributed by atoms with E-state index in [9.17, 15) is 4.79 Å². The zero-order chi connectivity index (χ0) is 9.72. The van der Waals surface area contributed by atoms with Crippen LogP contribution < -0.4 is 5.73 Å². The fourth-order valence-corrected chi connectivity index (χ4v) is 0.589. The second-order valence-corrected chi connectivity index (χ2v) is 1.96. The minimum atomic E-state index is -1.34. The second-order valence-electron chi connectivity index (χ2n) is 1.96. The van der Waals surface area contributed by atoms with Crippen molar-refractivity contribution in [1.29, 1.82) is 5.41 Å². The molecule has 4 N–H and O–H groups in total. The van der Waals surface area contributed by atoms with E-state index >= 15 is 0 Å². The number of allylic oxidation sites excluding steroid dienone is 2. The van der Waals surface area contributed by atoms with Crippen LogP contribution in [-0.4, -0.2) is 16.8 Å². The summed E-state index contributed by atoms with van der Waals surface area (Å²) in [6.45, 7) is 6.69. The highest BCUT2D eigenvalue weighted by molar-refractivity contribution is 6.42. The van der Waals surface area contributed by atoms with Crippen molar-refractivity contribution in [2.24, 2.45) is 5.73 Å². The molecule has 0 saturated heterocycles. The number of nitrogens with two attached hydrogens (primary N) is 1. The molecule has 0 aliphatic heterocycles. The molecule has 0 aromatic rings. The van der Waals surface area contributed by atoms with E-state index in [1.807, 2.05) is 0 Å². The summed E-state index contributed by atoms with van der Waals surface area (Å²) in [4.78, 5) is 10.3. The minimum Gasteiger partial charge on any atom is -0.477 e. The van der Waals surface area contributed by atoms with Gasteiger partial charge in [-0.3, -0.25) is 5.41 Å². The number of carbonyl (C=O) groups is 1. The van der Waals surface area contributed by atoms with E-state index < -0.39 is 11.7 Å². The summed E-state index contributed by atoms with van der Waals surface area (Å²) in [5, 5.41) is 15.5. The summed E-state index contributed by atoms with van der Waals surface area (Å²) in [6.07, 6.45) is 2.49. The van der Waals surface area contributed by atoms with Crippen LogP contribution in [0.2, 0.25) is 0 Å². The highest BCUT2D eigenvalue weighted by atomic mass is 16.4. The van der Waals surface area contributed by atoms with Crippen LogP contribution in [0, 0.1) is 5.41 Å². The van der Waals surface area contributed by atoms with Gasteiger partial charge in [0.15, 0.2) is 0 Å². The summed E-state index contributed by atoms with van der Waals surface area (Å²) in [5.41, 5.74) is 4.99. The number of carboxylic acids is 1. The number of aliphatic carboxylic acids is 1. The van der Waals surface area contributed by atoms with Gasteiger partial charge < -0.3 is 10.8 Å². The van der Waals surface area contributed by atoms with E-state index in [0.717, 1.165) is 0 Å². The normalized spacial score (nSPS) is 11.3. The molecule has 0 aromatic carbocycles. The summed E-state index contributed by atoms with van der Waals surface area (Å²) < 4.78 is 0. The smallest absolute Gasteiger partial charge is 0.354 e. The molecule has 0 saturated carbocycles. The van der Waals surface area contributed by atoms with Crippen LogP contribution in [0.1, 0.15) is 0 Å². The zero-order valence-corrected chi connectivity index (χ0v) is 6.50. The molecule has 0 radical (unpaired) electrons. The van der Waals surface area contributed by atoms with Crippen molar-refractivity contribution >= 4 is 11.7 Å². The SMILES string of the molecule is C=C/C(N)=C(\C=C)C(=N)C(=O)O. The minimum absolute atomic E-state index is 0.0810. The van der Waals surface area contributed by atoms with Crippen molar-refractivity contribution in [3.8, 4) is 0 Å². The zero-order valence-electron chi connectivity index (χ0n) is 6.50. The van der Waals surface area contributed by atoms with Crippen LogP contribution in [0.4, 0.5) is 0 Å². The van der Waals surface area contributed by atoms with Crippen molar-refractivity contribution in [1.82, 2.24) is 0 Å². The van der Waals surface area contributed by atoms with Crippen molar-refractivity contribution in [2.45, 2.75) is 0 Å². The fourth-order valence-electron chi connectivity index (χ4n) is 0.589. The standard InChI is InChI=1S/C8H10N2O2/c1-3-5(6(9)4-2)7(10)8(11)12/h3-4,10H,1-2,9H2,(H,11,12)/b6-5-,10-7?. The predicted octanol–water partition coefficient (Wildman–Crippen LogP) is 0.676. The molecule has 0 aliphatic carbocycles. The maximum absolute atomic E-state index is 10.3. The van der Waals surface area contributed by atoms with E-state index in [2.05, 4.69) is 13.2 Å². The topological polar surface area (TPSA) is 87.2 Å². The molecule has 4 nitrogen and oxygen atoms in total. The first kappa shape index (κ1) is 10.2. The van der Waals surface area contributed by atoms with Crippen molar-refractivity contribution in [3.63, 3.8) is 0 Å². The van der Waals surface area contributed by atoms with E-state index in [4.69, 9.17) is 16.2 Å². The number of hydrogen-bond donors (Lipinski definition) is 3. The van der Waals surface area contributed by atoms with Crippen LogP contribution in [0.25, 0.3) is 0 Å². The summed E-state index contributed by atoms with van der Waals surface area (Å²) >= 11 is 0.